The van der Waals surface area contributed by atoms with Crippen LogP contribution in [-0.4, -0.2) is 19.6 Å². The summed E-state index contributed by atoms with van der Waals surface area (Å²) in [5, 5.41) is 7.01. The Labute approximate surface area is 123 Å². The molecule has 1 fully saturated rings. The fraction of sp³-hybridized carbons (Fsp3) is 0.357. The van der Waals surface area contributed by atoms with Crippen LogP contribution < -0.4 is 10.0 Å². The summed E-state index contributed by atoms with van der Waals surface area (Å²) in [6.07, 6.45) is 2.46. The molecule has 112 valence electrons. The molecule has 7 heteroatoms. The maximum atomic E-state index is 12.2. The number of hydrogen-bond acceptors (Lipinski definition) is 5. The van der Waals surface area contributed by atoms with Crippen LogP contribution in [-0.2, 0) is 16.6 Å². The molecule has 3 rings (SSSR count). The minimum atomic E-state index is -3.63. The molecule has 1 aliphatic rings. The Morgan fingerprint density at radius 2 is 2.00 bits per heavy atom. The van der Waals surface area contributed by atoms with Gasteiger partial charge in [-0.2, -0.15) is 0 Å². The Bertz CT molecular complexity index is 718. The van der Waals surface area contributed by atoms with E-state index in [1.165, 1.54) is 18.9 Å². The third kappa shape index (κ3) is 3.62. The van der Waals surface area contributed by atoms with Gasteiger partial charge in [0.1, 0.15) is 5.76 Å². The number of nitrogens with one attached hydrogen (secondary N) is 2. The summed E-state index contributed by atoms with van der Waals surface area (Å²) in [5.41, 5.74) is 1.07. The first-order chi connectivity index (χ1) is 10.0. The number of aromatic nitrogens is 1. The van der Waals surface area contributed by atoms with E-state index in [1.54, 1.807) is 19.1 Å². The summed E-state index contributed by atoms with van der Waals surface area (Å²) in [5.74, 6) is 0.737. The zero-order valence-corrected chi connectivity index (χ0v) is 12.5. The highest BCUT2D eigenvalue weighted by molar-refractivity contribution is 7.92. The molecule has 1 aromatic carbocycles. The summed E-state index contributed by atoms with van der Waals surface area (Å²) in [7, 11) is -3.63. The van der Waals surface area contributed by atoms with E-state index in [1.807, 2.05) is 12.1 Å². The van der Waals surface area contributed by atoms with Crippen molar-refractivity contribution in [3.8, 4) is 0 Å². The second-order valence-corrected chi connectivity index (χ2v) is 6.91. The van der Waals surface area contributed by atoms with E-state index in [-0.39, 0.29) is 10.7 Å². The largest absolute Gasteiger partial charge is 0.360 e. The number of aryl methyl sites for hydroxylation is 1. The Morgan fingerprint density at radius 3 is 2.57 bits per heavy atom. The molecule has 0 spiro atoms. The highest BCUT2D eigenvalue weighted by Gasteiger charge is 2.20. The monoisotopic (exact) mass is 307 g/mol. The van der Waals surface area contributed by atoms with Gasteiger partial charge in [-0.25, -0.2) is 8.42 Å². The molecule has 6 nitrogen and oxygen atoms in total. The first-order valence-electron chi connectivity index (χ1n) is 6.81. The van der Waals surface area contributed by atoms with E-state index < -0.39 is 10.0 Å². The van der Waals surface area contributed by atoms with Crippen LogP contribution in [0.1, 0.15) is 24.2 Å². The van der Waals surface area contributed by atoms with Crippen molar-refractivity contribution in [3.63, 3.8) is 0 Å². The minimum absolute atomic E-state index is 0.187. The van der Waals surface area contributed by atoms with Crippen LogP contribution in [0.5, 0.6) is 0 Å². The lowest BCUT2D eigenvalue weighted by Crippen LogP contribution is -2.16. The highest BCUT2D eigenvalue weighted by Crippen LogP contribution is 2.20. The average molecular weight is 307 g/mol. The number of sulfonamides is 1. The molecular formula is C14H17N3O3S. The fourth-order valence-corrected chi connectivity index (χ4v) is 2.93. The van der Waals surface area contributed by atoms with Crippen LogP contribution in [0.3, 0.4) is 0 Å². The zero-order valence-electron chi connectivity index (χ0n) is 11.7. The molecular weight excluding hydrogens is 290 g/mol. The van der Waals surface area contributed by atoms with Gasteiger partial charge in [0.15, 0.2) is 5.82 Å². The van der Waals surface area contributed by atoms with Crippen molar-refractivity contribution >= 4 is 15.8 Å². The van der Waals surface area contributed by atoms with Gasteiger partial charge in [-0.15, -0.1) is 0 Å². The van der Waals surface area contributed by atoms with Crippen LogP contribution in [0.2, 0.25) is 0 Å². The molecule has 0 unspecified atom stereocenters. The molecule has 21 heavy (non-hydrogen) atoms. The Hall–Kier alpha value is -1.86. The second kappa shape index (κ2) is 5.50. The second-order valence-electron chi connectivity index (χ2n) is 5.23. The van der Waals surface area contributed by atoms with Crippen molar-refractivity contribution < 1.29 is 12.9 Å². The maximum Gasteiger partial charge on any atom is 0.263 e. The molecule has 0 bridgehead atoms. The normalized spacial score (nSPS) is 15.1. The van der Waals surface area contributed by atoms with Crippen molar-refractivity contribution in [2.24, 2.45) is 0 Å². The van der Waals surface area contributed by atoms with Gasteiger partial charge < -0.3 is 9.84 Å². The fourth-order valence-electron chi connectivity index (χ4n) is 1.95. The predicted octanol–water partition coefficient (Wildman–Crippen LogP) is 2.04. The summed E-state index contributed by atoms with van der Waals surface area (Å²) in [6.45, 7) is 2.47. The number of benzene rings is 1. The first-order valence-corrected chi connectivity index (χ1v) is 8.30. The SMILES string of the molecule is Cc1cc(NS(=O)(=O)c2ccc(CNC3CC3)cc2)no1. The predicted molar refractivity (Wildman–Crippen MR) is 78.4 cm³/mol. The van der Waals surface area contributed by atoms with Crippen LogP contribution in [0.25, 0.3) is 0 Å². The van der Waals surface area contributed by atoms with Gasteiger partial charge in [-0.05, 0) is 37.5 Å². The van der Waals surface area contributed by atoms with Crippen LogP contribution >= 0.6 is 0 Å². The lowest BCUT2D eigenvalue weighted by Gasteiger charge is -2.07. The molecule has 1 aromatic heterocycles. The summed E-state index contributed by atoms with van der Waals surface area (Å²) >= 11 is 0. The van der Waals surface area contributed by atoms with E-state index in [2.05, 4.69) is 15.2 Å². The van der Waals surface area contributed by atoms with Crippen molar-refractivity contribution in [2.45, 2.75) is 37.2 Å². The molecule has 1 aliphatic carbocycles. The third-order valence-corrected chi connectivity index (χ3v) is 4.64. The molecule has 1 saturated carbocycles. The smallest absolute Gasteiger partial charge is 0.263 e. The standard InChI is InChI=1S/C14H17N3O3S/c1-10-8-14(16-20-10)17-21(18,19)13-6-2-11(3-7-13)9-15-12-4-5-12/h2-3,6-8,12,15H,4-5,9H2,1H3,(H,16,17). The minimum Gasteiger partial charge on any atom is -0.360 e. The lowest BCUT2D eigenvalue weighted by atomic mass is 10.2. The Kier molecular flexibility index (Phi) is 3.69. The maximum absolute atomic E-state index is 12.2. The van der Waals surface area contributed by atoms with Gasteiger partial charge in [-0.1, -0.05) is 17.3 Å². The van der Waals surface area contributed by atoms with Gasteiger partial charge in [0.2, 0.25) is 0 Å². The first kappa shape index (κ1) is 14.1. The van der Waals surface area contributed by atoms with Gasteiger partial charge in [0, 0.05) is 18.7 Å². The molecule has 2 N–H and O–H groups in total. The molecule has 0 aliphatic heterocycles. The Morgan fingerprint density at radius 1 is 1.29 bits per heavy atom. The van der Waals surface area contributed by atoms with E-state index >= 15 is 0 Å². The van der Waals surface area contributed by atoms with Crippen LogP contribution in [0.15, 0.2) is 39.8 Å². The summed E-state index contributed by atoms with van der Waals surface area (Å²) in [6, 6.07) is 8.99. The van der Waals surface area contributed by atoms with Crippen LogP contribution in [0.4, 0.5) is 5.82 Å². The molecule has 0 amide bonds. The van der Waals surface area contributed by atoms with E-state index in [4.69, 9.17) is 4.52 Å². The molecule has 1 heterocycles. The van der Waals surface area contributed by atoms with Crippen molar-refractivity contribution in [1.29, 1.82) is 0 Å². The van der Waals surface area contributed by atoms with Crippen molar-refractivity contribution in [3.05, 3.63) is 41.7 Å². The number of anilines is 1. The third-order valence-electron chi connectivity index (χ3n) is 3.27. The van der Waals surface area contributed by atoms with E-state index in [9.17, 15) is 8.42 Å². The summed E-state index contributed by atoms with van der Waals surface area (Å²) in [4.78, 5) is 0.207. The van der Waals surface area contributed by atoms with Crippen molar-refractivity contribution in [2.75, 3.05) is 4.72 Å². The molecule has 0 radical (unpaired) electrons. The van der Waals surface area contributed by atoms with Crippen molar-refractivity contribution in [1.82, 2.24) is 10.5 Å². The Balaban J connectivity index is 1.69. The highest BCUT2D eigenvalue weighted by atomic mass is 32.2. The average Bonchev–Trinajstić information content (AvgIpc) is 3.20. The van der Waals surface area contributed by atoms with Crippen LogP contribution in [0, 0.1) is 6.92 Å². The zero-order chi connectivity index (χ0) is 14.9. The van der Waals surface area contributed by atoms with Gasteiger partial charge in [-0.3, -0.25) is 4.72 Å². The number of rotatable bonds is 6. The molecule has 0 saturated heterocycles. The number of hydrogen-bond donors (Lipinski definition) is 2. The van der Waals surface area contributed by atoms with Gasteiger partial charge in [0.05, 0.1) is 4.90 Å². The topological polar surface area (TPSA) is 84.2 Å². The van der Waals surface area contributed by atoms with E-state index in [0.29, 0.717) is 11.8 Å². The molecule has 0 atom stereocenters. The van der Waals surface area contributed by atoms with Gasteiger partial charge >= 0.3 is 0 Å². The quantitative estimate of drug-likeness (QED) is 0.853. The van der Waals surface area contributed by atoms with E-state index in [0.717, 1.165) is 12.1 Å². The van der Waals surface area contributed by atoms with Gasteiger partial charge in [0.25, 0.3) is 10.0 Å². The lowest BCUT2D eigenvalue weighted by molar-refractivity contribution is 0.400. The summed E-state index contributed by atoms with van der Waals surface area (Å²) < 4.78 is 31.6. The number of nitrogens with zero attached hydrogens (tertiary/aromatic N) is 1. The molecule has 2 aromatic rings.